The van der Waals surface area contributed by atoms with E-state index in [9.17, 15) is 4.79 Å². The summed E-state index contributed by atoms with van der Waals surface area (Å²) in [6, 6.07) is 5.73. The molecule has 0 saturated carbocycles. The first-order chi connectivity index (χ1) is 8.47. The molecule has 1 amide bonds. The number of halogens is 2. The molecule has 98 valence electrons. The van der Waals surface area contributed by atoms with Gasteiger partial charge in [0.05, 0.1) is 18.8 Å². The average molecular weight is 377 g/mol. The van der Waals surface area contributed by atoms with Crippen molar-refractivity contribution in [3.63, 3.8) is 0 Å². The predicted molar refractivity (Wildman–Crippen MR) is 77.8 cm³/mol. The molecule has 0 bridgehead atoms. The number of hydrogen-bond acceptors (Lipinski definition) is 2. The molecule has 5 heteroatoms. The number of ether oxygens (including phenoxy) is 1. The number of rotatable bonds is 1. The molecule has 1 heterocycles. The third-order valence-corrected chi connectivity index (χ3v) is 3.89. The van der Waals surface area contributed by atoms with Gasteiger partial charge in [0.15, 0.2) is 0 Å². The van der Waals surface area contributed by atoms with Gasteiger partial charge in [-0.1, -0.05) is 31.9 Å². The first kappa shape index (κ1) is 14.0. The molecule has 0 aliphatic carbocycles. The minimum atomic E-state index is 0.0552. The number of morpholine rings is 1. The lowest BCUT2D eigenvalue weighted by atomic mass is 10.1. The topological polar surface area (TPSA) is 29.5 Å². The van der Waals surface area contributed by atoms with Gasteiger partial charge < -0.3 is 9.64 Å². The molecule has 2 atom stereocenters. The Kier molecular flexibility index (Phi) is 4.45. The fourth-order valence-corrected chi connectivity index (χ4v) is 3.32. The fraction of sp³-hybridized carbons (Fsp3) is 0.462. The number of carbonyl (C=O) groups is 1. The summed E-state index contributed by atoms with van der Waals surface area (Å²) in [6.45, 7) is 5.24. The molecule has 1 fully saturated rings. The molecule has 0 aromatic heterocycles. The summed E-state index contributed by atoms with van der Waals surface area (Å²) in [6.07, 6.45) is 0.0979. The van der Waals surface area contributed by atoms with Crippen LogP contribution in [-0.2, 0) is 4.74 Å². The quantitative estimate of drug-likeness (QED) is 0.751. The summed E-state index contributed by atoms with van der Waals surface area (Å²) < 4.78 is 7.34. The van der Waals surface area contributed by atoms with E-state index in [4.69, 9.17) is 4.74 Å². The number of benzene rings is 1. The zero-order valence-corrected chi connectivity index (χ0v) is 13.5. The zero-order chi connectivity index (χ0) is 13.3. The van der Waals surface area contributed by atoms with Gasteiger partial charge in [0.1, 0.15) is 0 Å². The van der Waals surface area contributed by atoms with Gasteiger partial charge >= 0.3 is 0 Å². The van der Waals surface area contributed by atoms with Gasteiger partial charge in [0.25, 0.3) is 5.91 Å². The summed E-state index contributed by atoms with van der Waals surface area (Å²) in [5, 5.41) is 0. The SMILES string of the molecule is CC1CN(C(=O)c2cc(Br)cc(Br)c2)C(C)CO1. The Morgan fingerprint density at radius 1 is 1.28 bits per heavy atom. The van der Waals surface area contributed by atoms with Crippen molar-refractivity contribution in [2.75, 3.05) is 13.2 Å². The lowest BCUT2D eigenvalue weighted by molar-refractivity contribution is -0.0387. The van der Waals surface area contributed by atoms with Crippen LogP contribution in [0.4, 0.5) is 0 Å². The third-order valence-electron chi connectivity index (χ3n) is 2.98. The molecule has 1 saturated heterocycles. The van der Waals surface area contributed by atoms with Crippen molar-refractivity contribution < 1.29 is 9.53 Å². The third kappa shape index (κ3) is 3.13. The Balaban J connectivity index is 2.24. The Labute approximate surface area is 124 Å². The molecule has 2 rings (SSSR count). The first-order valence-electron chi connectivity index (χ1n) is 5.86. The second-order valence-corrected chi connectivity index (χ2v) is 6.44. The standard InChI is InChI=1S/C13H15Br2NO2/c1-8-7-18-9(2)6-16(8)13(17)10-3-11(14)5-12(15)4-10/h3-5,8-9H,6-7H2,1-2H3. The number of carbonyl (C=O) groups excluding carboxylic acids is 1. The van der Waals surface area contributed by atoms with Gasteiger partial charge in [-0.3, -0.25) is 4.79 Å². The molecule has 2 unspecified atom stereocenters. The zero-order valence-electron chi connectivity index (χ0n) is 10.3. The highest BCUT2D eigenvalue weighted by atomic mass is 79.9. The van der Waals surface area contributed by atoms with E-state index in [0.29, 0.717) is 18.7 Å². The molecule has 0 spiro atoms. The van der Waals surface area contributed by atoms with Crippen LogP contribution in [-0.4, -0.2) is 36.1 Å². The van der Waals surface area contributed by atoms with Crippen LogP contribution in [0.3, 0.4) is 0 Å². The lowest BCUT2D eigenvalue weighted by Crippen LogP contribution is -2.50. The van der Waals surface area contributed by atoms with Gasteiger partial charge in [-0.05, 0) is 32.0 Å². The Hall–Kier alpha value is -0.390. The summed E-state index contributed by atoms with van der Waals surface area (Å²) >= 11 is 6.81. The van der Waals surface area contributed by atoms with Crippen LogP contribution in [0.25, 0.3) is 0 Å². The molecular weight excluding hydrogens is 362 g/mol. The van der Waals surface area contributed by atoms with Crippen molar-refractivity contribution in [1.82, 2.24) is 4.90 Å². The second-order valence-electron chi connectivity index (χ2n) is 4.61. The molecule has 1 aromatic carbocycles. The Morgan fingerprint density at radius 2 is 1.89 bits per heavy atom. The highest BCUT2D eigenvalue weighted by Gasteiger charge is 2.28. The van der Waals surface area contributed by atoms with E-state index < -0.39 is 0 Å². The molecular formula is C13H15Br2NO2. The Bertz CT molecular complexity index is 444. The number of hydrogen-bond donors (Lipinski definition) is 0. The van der Waals surface area contributed by atoms with E-state index in [1.165, 1.54) is 0 Å². The summed E-state index contributed by atoms with van der Waals surface area (Å²) in [5.41, 5.74) is 0.692. The van der Waals surface area contributed by atoms with Crippen molar-refractivity contribution >= 4 is 37.8 Å². The second kappa shape index (κ2) is 5.72. The minimum absolute atomic E-state index is 0.0552. The summed E-state index contributed by atoms with van der Waals surface area (Å²) in [7, 11) is 0. The number of amides is 1. The molecule has 1 aliphatic heterocycles. The van der Waals surface area contributed by atoms with E-state index in [0.717, 1.165) is 8.95 Å². The van der Waals surface area contributed by atoms with Crippen LogP contribution < -0.4 is 0 Å². The maximum atomic E-state index is 12.5. The van der Waals surface area contributed by atoms with Crippen LogP contribution in [0.5, 0.6) is 0 Å². The van der Waals surface area contributed by atoms with Crippen LogP contribution >= 0.6 is 31.9 Å². The number of nitrogens with zero attached hydrogens (tertiary/aromatic N) is 1. The van der Waals surface area contributed by atoms with E-state index >= 15 is 0 Å². The predicted octanol–water partition coefficient (Wildman–Crippen LogP) is 3.46. The van der Waals surface area contributed by atoms with Gasteiger partial charge in [-0.25, -0.2) is 0 Å². The molecule has 0 radical (unpaired) electrons. The van der Waals surface area contributed by atoms with Crippen molar-refractivity contribution in [3.05, 3.63) is 32.7 Å². The molecule has 3 nitrogen and oxygen atoms in total. The summed E-state index contributed by atoms with van der Waals surface area (Å²) in [5.74, 6) is 0.0552. The monoisotopic (exact) mass is 375 g/mol. The van der Waals surface area contributed by atoms with Crippen molar-refractivity contribution in [2.24, 2.45) is 0 Å². The van der Waals surface area contributed by atoms with Gasteiger partial charge in [-0.15, -0.1) is 0 Å². The van der Waals surface area contributed by atoms with Crippen LogP contribution in [0.1, 0.15) is 24.2 Å². The smallest absolute Gasteiger partial charge is 0.254 e. The average Bonchev–Trinajstić information content (AvgIpc) is 2.30. The van der Waals surface area contributed by atoms with Crippen LogP contribution in [0, 0.1) is 0 Å². The maximum Gasteiger partial charge on any atom is 0.254 e. The van der Waals surface area contributed by atoms with Crippen molar-refractivity contribution in [3.8, 4) is 0 Å². The lowest BCUT2D eigenvalue weighted by Gasteiger charge is -2.36. The van der Waals surface area contributed by atoms with E-state index in [1.807, 2.05) is 36.9 Å². The Morgan fingerprint density at radius 3 is 2.50 bits per heavy atom. The van der Waals surface area contributed by atoms with Crippen molar-refractivity contribution in [1.29, 1.82) is 0 Å². The first-order valence-corrected chi connectivity index (χ1v) is 7.44. The van der Waals surface area contributed by atoms with E-state index in [-0.39, 0.29) is 18.1 Å². The largest absolute Gasteiger partial charge is 0.375 e. The maximum absolute atomic E-state index is 12.5. The summed E-state index contributed by atoms with van der Waals surface area (Å²) in [4.78, 5) is 14.4. The van der Waals surface area contributed by atoms with Gasteiger partial charge in [0, 0.05) is 21.1 Å². The molecule has 1 aromatic rings. The van der Waals surface area contributed by atoms with E-state index in [2.05, 4.69) is 31.9 Å². The molecule has 18 heavy (non-hydrogen) atoms. The molecule has 1 aliphatic rings. The van der Waals surface area contributed by atoms with Crippen LogP contribution in [0.15, 0.2) is 27.1 Å². The van der Waals surface area contributed by atoms with Gasteiger partial charge in [-0.2, -0.15) is 0 Å². The van der Waals surface area contributed by atoms with Crippen molar-refractivity contribution in [2.45, 2.75) is 26.0 Å². The highest BCUT2D eigenvalue weighted by molar-refractivity contribution is 9.11. The molecule has 0 N–H and O–H groups in total. The van der Waals surface area contributed by atoms with Crippen LogP contribution in [0.2, 0.25) is 0 Å². The minimum Gasteiger partial charge on any atom is -0.375 e. The van der Waals surface area contributed by atoms with Gasteiger partial charge in [0.2, 0.25) is 0 Å². The normalized spacial score (nSPS) is 24.1. The fourth-order valence-electron chi connectivity index (χ4n) is 2.03. The van der Waals surface area contributed by atoms with E-state index in [1.54, 1.807) is 0 Å². The highest BCUT2D eigenvalue weighted by Crippen LogP contribution is 2.23.